The number of ether oxygens (including phenoxy) is 2. The van der Waals surface area contributed by atoms with Gasteiger partial charge in [-0.25, -0.2) is 8.42 Å². The van der Waals surface area contributed by atoms with Crippen molar-refractivity contribution in [2.45, 2.75) is 25.2 Å². The van der Waals surface area contributed by atoms with Crippen LogP contribution in [0, 0.1) is 0 Å². The maximum atomic E-state index is 12.2. The number of sulfone groups is 1. The molecule has 1 aromatic rings. The molecule has 0 saturated carbocycles. The molecular formula is C14H22N4O6S. The number of amides is 1. The van der Waals surface area contributed by atoms with Crippen molar-refractivity contribution >= 4 is 15.7 Å². The first-order valence-corrected chi connectivity index (χ1v) is 9.79. The summed E-state index contributed by atoms with van der Waals surface area (Å²) in [6.07, 6.45) is 0. The van der Waals surface area contributed by atoms with Gasteiger partial charge in [0, 0.05) is 33.4 Å². The Balaban J connectivity index is 1.75. The highest BCUT2D eigenvalue weighted by Gasteiger charge is 2.48. The van der Waals surface area contributed by atoms with Gasteiger partial charge in [0.2, 0.25) is 5.91 Å². The van der Waals surface area contributed by atoms with E-state index in [1.54, 1.807) is 4.90 Å². The van der Waals surface area contributed by atoms with Crippen LogP contribution < -0.4 is 0 Å². The highest BCUT2D eigenvalue weighted by molar-refractivity contribution is 7.91. The van der Waals surface area contributed by atoms with Crippen LogP contribution in [0.3, 0.4) is 0 Å². The van der Waals surface area contributed by atoms with Crippen LogP contribution in [0.25, 0.3) is 0 Å². The minimum atomic E-state index is -3.20. The predicted molar refractivity (Wildman–Crippen MR) is 85.2 cm³/mol. The highest BCUT2D eigenvalue weighted by Crippen LogP contribution is 2.28. The maximum absolute atomic E-state index is 12.2. The largest absolute Gasteiger partial charge is 0.375 e. The van der Waals surface area contributed by atoms with E-state index in [9.17, 15) is 13.2 Å². The summed E-state index contributed by atoms with van der Waals surface area (Å²) in [7, 11) is -0.214. The molecule has 140 valence electrons. The van der Waals surface area contributed by atoms with Crippen molar-refractivity contribution in [2.75, 3.05) is 45.4 Å². The standard InChI is InChI=1S/C14H22N4O6S/c1-22-6-13-15-12(16-24-13)5-17-3-4-18(14(19)7-23-2)11-9-25(20,21)8-10(11)17/h10-11H,3-9H2,1-2H3/t10-,11+/m0/s1. The number of carbonyl (C=O) groups is 1. The van der Waals surface area contributed by atoms with E-state index in [4.69, 9.17) is 14.0 Å². The third kappa shape index (κ3) is 4.00. The second kappa shape index (κ2) is 7.36. The monoisotopic (exact) mass is 374 g/mol. The molecular weight excluding hydrogens is 352 g/mol. The summed E-state index contributed by atoms with van der Waals surface area (Å²) in [5, 5.41) is 3.91. The van der Waals surface area contributed by atoms with E-state index >= 15 is 0 Å². The molecule has 0 radical (unpaired) electrons. The minimum absolute atomic E-state index is 0.0230. The van der Waals surface area contributed by atoms with Gasteiger partial charge < -0.3 is 18.9 Å². The topological polar surface area (TPSA) is 115 Å². The van der Waals surface area contributed by atoms with Crippen molar-refractivity contribution in [3.8, 4) is 0 Å². The van der Waals surface area contributed by atoms with Crippen molar-refractivity contribution in [3.63, 3.8) is 0 Å². The number of hydrogen-bond donors (Lipinski definition) is 0. The van der Waals surface area contributed by atoms with Gasteiger partial charge in [0.1, 0.15) is 13.2 Å². The van der Waals surface area contributed by atoms with Crippen molar-refractivity contribution in [1.82, 2.24) is 19.9 Å². The molecule has 0 aromatic carbocycles. The van der Waals surface area contributed by atoms with Gasteiger partial charge in [-0.1, -0.05) is 5.16 Å². The molecule has 3 heterocycles. The Morgan fingerprint density at radius 1 is 1.24 bits per heavy atom. The molecule has 2 saturated heterocycles. The smallest absolute Gasteiger partial charge is 0.252 e. The SMILES string of the molecule is COCC(=O)N1CCN(Cc2noc(COC)n2)[C@H]2CS(=O)(=O)C[C@H]21. The summed E-state index contributed by atoms with van der Waals surface area (Å²) in [6.45, 7) is 1.54. The Hall–Kier alpha value is -1.56. The van der Waals surface area contributed by atoms with Gasteiger partial charge in [0.05, 0.1) is 24.1 Å². The summed E-state index contributed by atoms with van der Waals surface area (Å²) in [5.41, 5.74) is 0. The zero-order valence-electron chi connectivity index (χ0n) is 14.3. The third-order valence-electron chi connectivity index (χ3n) is 4.50. The Bertz CT molecular complexity index is 721. The van der Waals surface area contributed by atoms with Crippen LogP contribution in [0.2, 0.25) is 0 Å². The molecule has 0 spiro atoms. The summed E-state index contributed by atoms with van der Waals surface area (Å²) in [5.74, 6) is 0.673. The number of carbonyl (C=O) groups excluding carboxylic acids is 1. The highest BCUT2D eigenvalue weighted by atomic mass is 32.2. The second-order valence-electron chi connectivity index (χ2n) is 6.24. The van der Waals surface area contributed by atoms with Gasteiger partial charge in [-0.3, -0.25) is 9.69 Å². The third-order valence-corrected chi connectivity index (χ3v) is 6.20. The summed E-state index contributed by atoms with van der Waals surface area (Å²) in [4.78, 5) is 20.1. The number of aromatic nitrogens is 2. The number of fused-ring (bicyclic) bond motifs is 1. The molecule has 1 aromatic heterocycles. The number of nitrogens with zero attached hydrogens (tertiary/aromatic N) is 4. The molecule has 25 heavy (non-hydrogen) atoms. The van der Waals surface area contributed by atoms with Gasteiger partial charge >= 0.3 is 0 Å². The fourth-order valence-electron chi connectivity index (χ4n) is 3.46. The van der Waals surface area contributed by atoms with Crippen LogP contribution in [0.1, 0.15) is 11.7 Å². The molecule has 10 nitrogen and oxygen atoms in total. The summed E-state index contributed by atoms with van der Waals surface area (Å²) in [6, 6.07) is -0.643. The molecule has 2 aliphatic heterocycles. The first kappa shape index (κ1) is 18.2. The number of methoxy groups -OCH3 is 2. The number of piperazine rings is 1. The summed E-state index contributed by atoms with van der Waals surface area (Å²) < 4.78 is 39.2. The number of rotatable bonds is 6. The Labute approximate surface area is 146 Å². The van der Waals surface area contributed by atoms with Crippen LogP contribution in [0.15, 0.2) is 4.52 Å². The Morgan fingerprint density at radius 3 is 2.72 bits per heavy atom. The molecule has 0 N–H and O–H groups in total. The molecule has 2 aliphatic rings. The van der Waals surface area contributed by atoms with E-state index < -0.39 is 9.84 Å². The van der Waals surface area contributed by atoms with Crippen molar-refractivity contribution in [1.29, 1.82) is 0 Å². The molecule has 0 unspecified atom stereocenters. The van der Waals surface area contributed by atoms with Gasteiger partial charge in [-0.15, -0.1) is 0 Å². The van der Waals surface area contributed by atoms with E-state index in [1.807, 2.05) is 4.90 Å². The van der Waals surface area contributed by atoms with Crippen LogP contribution >= 0.6 is 0 Å². The molecule has 2 atom stereocenters. The minimum Gasteiger partial charge on any atom is -0.375 e. The molecule has 0 bridgehead atoms. The van der Waals surface area contributed by atoms with Crippen LogP contribution in [-0.2, 0) is 37.3 Å². The van der Waals surface area contributed by atoms with E-state index in [0.29, 0.717) is 31.3 Å². The van der Waals surface area contributed by atoms with Crippen LogP contribution in [-0.4, -0.2) is 91.8 Å². The normalized spacial score (nSPS) is 25.9. The first-order chi connectivity index (χ1) is 11.9. The lowest BCUT2D eigenvalue weighted by atomic mass is 10.0. The molecule has 11 heteroatoms. The second-order valence-corrected chi connectivity index (χ2v) is 8.39. The lowest BCUT2D eigenvalue weighted by Crippen LogP contribution is -2.60. The lowest BCUT2D eigenvalue weighted by Gasteiger charge is -2.43. The average molecular weight is 374 g/mol. The van der Waals surface area contributed by atoms with Crippen molar-refractivity contribution < 1.29 is 27.2 Å². The molecule has 3 rings (SSSR count). The first-order valence-electron chi connectivity index (χ1n) is 7.97. The zero-order chi connectivity index (χ0) is 18.0. The average Bonchev–Trinajstić information content (AvgIpc) is 3.11. The Morgan fingerprint density at radius 2 is 2.00 bits per heavy atom. The fourth-order valence-corrected chi connectivity index (χ4v) is 5.47. The maximum Gasteiger partial charge on any atom is 0.252 e. The lowest BCUT2D eigenvalue weighted by molar-refractivity contribution is -0.141. The van der Waals surface area contributed by atoms with Crippen molar-refractivity contribution in [2.24, 2.45) is 0 Å². The van der Waals surface area contributed by atoms with Gasteiger partial charge in [-0.2, -0.15) is 4.98 Å². The fraction of sp³-hybridized carbons (Fsp3) is 0.786. The van der Waals surface area contributed by atoms with E-state index in [1.165, 1.54) is 14.2 Å². The van der Waals surface area contributed by atoms with Gasteiger partial charge in [0.15, 0.2) is 15.7 Å². The van der Waals surface area contributed by atoms with Gasteiger partial charge in [-0.05, 0) is 0 Å². The van der Waals surface area contributed by atoms with Crippen LogP contribution in [0.5, 0.6) is 0 Å². The van der Waals surface area contributed by atoms with E-state index in [2.05, 4.69) is 10.1 Å². The molecule has 1 amide bonds. The summed E-state index contributed by atoms with van der Waals surface area (Å²) >= 11 is 0. The molecule has 0 aliphatic carbocycles. The predicted octanol–water partition coefficient (Wildman–Crippen LogP) is -1.33. The van der Waals surface area contributed by atoms with E-state index in [-0.39, 0.29) is 42.7 Å². The van der Waals surface area contributed by atoms with Crippen molar-refractivity contribution in [3.05, 3.63) is 11.7 Å². The van der Waals surface area contributed by atoms with Crippen LogP contribution in [0.4, 0.5) is 0 Å². The number of hydrogen-bond acceptors (Lipinski definition) is 9. The van der Waals surface area contributed by atoms with E-state index in [0.717, 1.165) is 0 Å². The molecule has 2 fully saturated rings. The Kier molecular flexibility index (Phi) is 5.37. The quantitative estimate of drug-likeness (QED) is 0.597. The zero-order valence-corrected chi connectivity index (χ0v) is 15.1. The van der Waals surface area contributed by atoms with Gasteiger partial charge in [0.25, 0.3) is 5.89 Å².